The summed E-state index contributed by atoms with van der Waals surface area (Å²) in [7, 11) is 0. The van der Waals surface area contributed by atoms with Crippen molar-refractivity contribution in [3.63, 3.8) is 0 Å². The van der Waals surface area contributed by atoms with Gasteiger partial charge < -0.3 is 4.90 Å². The molecule has 0 unspecified atom stereocenters. The van der Waals surface area contributed by atoms with E-state index in [0.717, 1.165) is 58.6 Å². The van der Waals surface area contributed by atoms with Gasteiger partial charge in [0.05, 0.1) is 17.7 Å². The molecule has 3 aromatic rings. The zero-order valence-corrected chi connectivity index (χ0v) is 14.0. The number of halogens is 1. The number of nitrogens with zero attached hydrogens (tertiary/aromatic N) is 3. The van der Waals surface area contributed by atoms with Crippen LogP contribution in [0.2, 0.25) is 0 Å². The van der Waals surface area contributed by atoms with Crippen molar-refractivity contribution in [1.29, 1.82) is 0 Å². The van der Waals surface area contributed by atoms with E-state index in [1.165, 1.54) is 0 Å². The Kier molecular flexibility index (Phi) is 3.68. The van der Waals surface area contributed by atoms with Crippen LogP contribution in [-0.4, -0.2) is 16.5 Å². The van der Waals surface area contributed by atoms with Gasteiger partial charge in [0.1, 0.15) is 11.6 Å². The van der Waals surface area contributed by atoms with Crippen molar-refractivity contribution in [2.75, 3.05) is 11.4 Å². The molecule has 1 aromatic heterocycles. The molecule has 0 N–H and O–H groups in total. The van der Waals surface area contributed by atoms with Crippen LogP contribution in [0.1, 0.15) is 29.1 Å². The van der Waals surface area contributed by atoms with Crippen molar-refractivity contribution < 1.29 is 4.39 Å². The van der Waals surface area contributed by atoms with Crippen LogP contribution in [-0.2, 0) is 13.0 Å². The number of aryl methyl sites for hydroxylation is 2. The maximum atomic E-state index is 14.5. The highest BCUT2D eigenvalue weighted by Gasteiger charge is 2.23. The lowest BCUT2D eigenvalue weighted by Crippen LogP contribution is -2.31. The van der Waals surface area contributed by atoms with Crippen LogP contribution < -0.4 is 4.90 Å². The van der Waals surface area contributed by atoms with E-state index in [0.29, 0.717) is 6.54 Å². The van der Waals surface area contributed by atoms with E-state index in [1.54, 1.807) is 6.07 Å². The summed E-state index contributed by atoms with van der Waals surface area (Å²) < 4.78 is 14.5. The Labute approximate surface area is 141 Å². The molecule has 1 aliphatic heterocycles. The van der Waals surface area contributed by atoms with Gasteiger partial charge in [0, 0.05) is 17.6 Å². The molecular formula is C20H20FN3. The van der Waals surface area contributed by atoms with Crippen molar-refractivity contribution >= 4 is 16.6 Å². The summed E-state index contributed by atoms with van der Waals surface area (Å²) in [5.74, 6) is 0.604. The molecule has 3 nitrogen and oxygen atoms in total. The summed E-state index contributed by atoms with van der Waals surface area (Å²) in [5.41, 5.74) is 4.93. The first-order valence-corrected chi connectivity index (χ1v) is 8.38. The molecule has 2 aromatic carbocycles. The minimum atomic E-state index is -0.146. The first-order chi connectivity index (χ1) is 11.6. The zero-order chi connectivity index (χ0) is 16.7. The predicted octanol–water partition coefficient (Wildman–Crippen LogP) is 4.34. The molecule has 0 saturated heterocycles. The minimum absolute atomic E-state index is 0.146. The second-order valence-corrected chi connectivity index (χ2v) is 6.46. The third-order valence-corrected chi connectivity index (χ3v) is 4.81. The molecule has 1 aliphatic rings. The quantitative estimate of drug-likeness (QED) is 0.703. The molecule has 0 atom stereocenters. The number of aromatic nitrogens is 2. The van der Waals surface area contributed by atoms with Gasteiger partial charge in [-0.25, -0.2) is 14.4 Å². The van der Waals surface area contributed by atoms with E-state index in [1.807, 2.05) is 37.3 Å². The average molecular weight is 321 g/mol. The first kappa shape index (κ1) is 15.1. The summed E-state index contributed by atoms with van der Waals surface area (Å²) >= 11 is 0. The maximum Gasteiger partial charge on any atom is 0.148 e. The highest BCUT2D eigenvalue weighted by atomic mass is 19.1. The van der Waals surface area contributed by atoms with Crippen LogP contribution in [0.5, 0.6) is 0 Å². The van der Waals surface area contributed by atoms with Gasteiger partial charge >= 0.3 is 0 Å². The molecule has 4 rings (SSSR count). The Balaban J connectivity index is 1.74. The molecule has 0 spiro atoms. The van der Waals surface area contributed by atoms with Crippen LogP contribution >= 0.6 is 0 Å². The van der Waals surface area contributed by atoms with Crippen molar-refractivity contribution in [1.82, 2.24) is 9.97 Å². The van der Waals surface area contributed by atoms with Gasteiger partial charge in [0.2, 0.25) is 0 Å². The van der Waals surface area contributed by atoms with Crippen molar-refractivity contribution in [2.24, 2.45) is 0 Å². The van der Waals surface area contributed by atoms with E-state index in [-0.39, 0.29) is 5.82 Å². The van der Waals surface area contributed by atoms with Gasteiger partial charge in [-0.2, -0.15) is 0 Å². The molecule has 0 radical (unpaired) electrons. The Hall–Kier alpha value is -2.49. The lowest BCUT2D eigenvalue weighted by atomic mass is 9.96. The Morgan fingerprint density at radius 2 is 1.92 bits per heavy atom. The molecule has 0 amide bonds. The number of hydrogen-bond acceptors (Lipinski definition) is 3. The predicted molar refractivity (Wildman–Crippen MR) is 94.8 cm³/mol. The fraction of sp³-hybridized carbons (Fsp3) is 0.300. The van der Waals surface area contributed by atoms with Gasteiger partial charge in [0.25, 0.3) is 0 Å². The molecule has 24 heavy (non-hydrogen) atoms. The van der Waals surface area contributed by atoms with E-state index in [9.17, 15) is 4.39 Å². The summed E-state index contributed by atoms with van der Waals surface area (Å²) in [6, 6.07) is 11.5. The number of para-hydroxylation sites is 1. The lowest BCUT2D eigenvalue weighted by molar-refractivity contribution is 0.590. The minimum Gasteiger partial charge on any atom is -0.361 e. The SMILES string of the molecule is Cc1ccc(F)c2c1CCCN2Cc1nc(C)c2ccccc2n1. The van der Waals surface area contributed by atoms with E-state index >= 15 is 0 Å². The van der Waals surface area contributed by atoms with Crippen LogP contribution in [0.3, 0.4) is 0 Å². The van der Waals surface area contributed by atoms with Crippen molar-refractivity contribution in [3.05, 3.63) is 64.9 Å². The fourth-order valence-electron chi connectivity index (χ4n) is 3.62. The Morgan fingerprint density at radius 1 is 1.08 bits per heavy atom. The van der Waals surface area contributed by atoms with Crippen molar-refractivity contribution in [2.45, 2.75) is 33.2 Å². The van der Waals surface area contributed by atoms with E-state index in [2.05, 4.69) is 21.8 Å². The Bertz CT molecular complexity index is 920. The molecule has 0 saturated carbocycles. The summed E-state index contributed by atoms with van der Waals surface area (Å²) in [5, 5.41) is 1.07. The molecule has 2 heterocycles. The molecule has 4 heteroatoms. The standard InChI is InChI=1S/C20H20FN3/c1-13-9-10-17(21)20-15(13)7-5-11-24(20)12-19-22-14(2)16-6-3-4-8-18(16)23-19/h3-4,6,8-10H,5,7,11-12H2,1-2H3. The van der Waals surface area contributed by atoms with Gasteiger partial charge in [0.15, 0.2) is 0 Å². The molecular weight excluding hydrogens is 301 g/mol. The average Bonchev–Trinajstić information content (AvgIpc) is 2.58. The number of fused-ring (bicyclic) bond motifs is 2. The highest BCUT2D eigenvalue weighted by molar-refractivity contribution is 5.80. The normalized spacial score (nSPS) is 14.0. The largest absolute Gasteiger partial charge is 0.361 e. The summed E-state index contributed by atoms with van der Waals surface area (Å²) in [4.78, 5) is 11.4. The fourth-order valence-corrected chi connectivity index (χ4v) is 3.62. The maximum absolute atomic E-state index is 14.5. The van der Waals surface area contributed by atoms with E-state index in [4.69, 9.17) is 0 Å². The third-order valence-electron chi connectivity index (χ3n) is 4.81. The number of anilines is 1. The van der Waals surface area contributed by atoms with Gasteiger partial charge in [-0.05, 0) is 49.9 Å². The van der Waals surface area contributed by atoms with Crippen LogP contribution in [0.4, 0.5) is 10.1 Å². The van der Waals surface area contributed by atoms with Crippen molar-refractivity contribution in [3.8, 4) is 0 Å². The zero-order valence-electron chi connectivity index (χ0n) is 14.0. The molecule has 0 fully saturated rings. The van der Waals surface area contributed by atoms with Crippen LogP contribution in [0.15, 0.2) is 36.4 Å². The van der Waals surface area contributed by atoms with Crippen LogP contribution in [0.25, 0.3) is 10.9 Å². The summed E-state index contributed by atoms with van der Waals surface area (Å²) in [6.07, 6.45) is 1.97. The highest BCUT2D eigenvalue weighted by Crippen LogP contribution is 2.33. The molecule has 0 aliphatic carbocycles. The third kappa shape index (κ3) is 2.52. The first-order valence-electron chi connectivity index (χ1n) is 8.38. The van der Waals surface area contributed by atoms with E-state index < -0.39 is 0 Å². The van der Waals surface area contributed by atoms with Gasteiger partial charge in [-0.1, -0.05) is 24.3 Å². The second-order valence-electron chi connectivity index (χ2n) is 6.46. The number of benzene rings is 2. The second kappa shape index (κ2) is 5.86. The monoisotopic (exact) mass is 321 g/mol. The topological polar surface area (TPSA) is 29.0 Å². The van der Waals surface area contributed by atoms with Gasteiger partial charge in [-0.3, -0.25) is 0 Å². The molecule has 122 valence electrons. The van der Waals surface area contributed by atoms with Gasteiger partial charge in [-0.15, -0.1) is 0 Å². The summed E-state index contributed by atoms with van der Waals surface area (Å²) in [6.45, 7) is 5.43. The smallest absolute Gasteiger partial charge is 0.148 e. The lowest BCUT2D eigenvalue weighted by Gasteiger charge is -2.32. The number of hydrogen-bond donors (Lipinski definition) is 0. The van der Waals surface area contributed by atoms with Crippen LogP contribution in [0, 0.1) is 19.7 Å². The molecule has 0 bridgehead atoms. The number of rotatable bonds is 2. The Morgan fingerprint density at radius 3 is 2.79 bits per heavy atom.